The van der Waals surface area contributed by atoms with E-state index in [2.05, 4.69) is 33.8 Å². The van der Waals surface area contributed by atoms with Gasteiger partial charge in [0.1, 0.15) is 5.71 Å². The molecule has 1 aliphatic rings. The number of aliphatic hydroxyl groups is 1. The Labute approximate surface area is 131 Å². The van der Waals surface area contributed by atoms with Crippen LogP contribution in [0.4, 0.5) is 0 Å². The molecule has 120 valence electrons. The second-order valence-corrected chi connectivity index (χ2v) is 7.58. The van der Waals surface area contributed by atoms with Gasteiger partial charge in [-0.05, 0) is 40.4 Å². The predicted octanol–water partition coefficient (Wildman–Crippen LogP) is 3.56. The van der Waals surface area contributed by atoms with Crippen molar-refractivity contribution in [1.82, 2.24) is 0 Å². The summed E-state index contributed by atoms with van der Waals surface area (Å²) in [6.45, 7) is 8.88. The van der Waals surface area contributed by atoms with Gasteiger partial charge in [-0.3, -0.25) is 5.41 Å². The van der Waals surface area contributed by atoms with Gasteiger partial charge in [-0.1, -0.05) is 45.9 Å². The van der Waals surface area contributed by atoms with Crippen LogP contribution >= 0.6 is 0 Å². The average molecular weight is 303 g/mol. The summed E-state index contributed by atoms with van der Waals surface area (Å²) in [5.41, 5.74) is 2.90. The molecule has 0 saturated heterocycles. The molecule has 0 bridgehead atoms. The summed E-state index contributed by atoms with van der Waals surface area (Å²) in [5, 5.41) is 26.4. The van der Waals surface area contributed by atoms with Gasteiger partial charge in [0.15, 0.2) is 0 Å². The van der Waals surface area contributed by atoms with E-state index in [1.54, 1.807) is 0 Å². The number of hydrogen-bond acceptors (Lipinski definition) is 3. The molecule has 0 aromatic heterocycles. The molecule has 0 saturated carbocycles. The maximum atomic E-state index is 10.8. The highest BCUT2D eigenvalue weighted by Gasteiger charge is 2.37. The molecule has 4 heteroatoms. The van der Waals surface area contributed by atoms with Crippen LogP contribution in [0.1, 0.15) is 69.8 Å². The smallest absolute Gasteiger partial charge is 0.349 e. The summed E-state index contributed by atoms with van der Waals surface area (Å²) >= 11 is 0. The third kappa shape index (κ3) is 3.07. The van der Waals surface area contributed by atoms with Gasteiger partial charge >= 0.3 is 5.97 Å². The van der Waals surface area contributed by atoms with Crippen LogP contribution in [0.2, 0.25) is 0 Å². The highest BCUT2D eigenvalue weighted by atomic mass is 16.4. The minimum atomic E-state index is -1.28. The van der Waals surface area contributed by atoms with Crippen LogP contribution in [0.15, 0.2) is 18.2 Å². The highest BCUT2D eigenvalue weighted by Crippen LogP contribution is 2.46. The molecule has 1 unspecified atom stereocenters. The van der Waals surface area contributed by atoms with Gasteiger partial charge in [0, 0.05) is 6.42 Å². The molecule has 1 aromatic rings. The monoisotopic (exact) mass is 303 g/mol. The van der Waals surface area contributed by atoms with Gasteiger partial charge in [0.05, 0.1) is 6.10 Å². The van der Waals surface area contributed by atoms with Crippen LogP contribution in [0.25, 0.3) is 0 Å². The van der Waals surface area contributed by atoms with E-state index in [9.17, 15) is 9.90 Å². The zero-order valence-corrected chi connectivity index (χ0v) is 13.7. The van der Waals surface area contributed by atoms with Crippen molar-refractivity contribution in [2.45, 2.75) is 63.9 Å². The van der Waals surface area contributed by atoms with E-state index in [1.165, 1.54) is 11.1 Å². The SMILES string of the molecule is CC1(C)CCC(C)(C)c2cc(C(O)CC(=N)C(=O)O)ccc21. The van der Waals surface area contributed by atoms with Crippen molar-refractivity contribution in [1.29, 1.82) is 5.41 Å². The van der Waals surface area contributed by atoms with Crippen molar-refractivity contribution in [3.8, 4) is 0 Å². The maximum Gasteiger partial charge on any atom is 0.349 e. The van der Waals surface area contributed by atoms with Gasteiger partial charge in [-0.2, -0.15) is 0 Å². The first-order chi connectivity index (χ1) is 10.0. The molecular weight excluding hydrogens is 278 g/mol. The summed E-state index contributed by atoms with van der Waals surface area (Å²) in [6, 6.07) is 5.91. The Kier molecular flexibility index (Phi) is 4.18. The number of carboxylic acid groups (broad SMARTS) is 1. The molecule has 3 N–H and O–H groups in total. The summed E-state index contributed by atoms with van der Waals surface area (Å²) in [4.78, 5) is 10.8. The lowest BCUT2D eigenvalue weighted by atomic mass is 9.63. The molecule has 1 aromatic carbocycles. The minimum absolute atomic E-state index is 0.0425. The molecule has 2 rings (SSSR count). The van der Waals surface area contributed by atoms with Crippen LogP contribution in [0.3, 0.4) is 0 Å². The zero-order chi connectivity index (χ0) is 16.7. The maximum absolute atomic E-state index is 10.8. The lowest BCUT2D eigenvalue weighted by molar-refractivity contribution is -0.129. The molecule has 1 atom stereocenters. The first-order valence-corrected chi connectivity index (χ1v) is 7.68. The lowest BCUT2D eigenvalue weighted by Crippen LogP contribution is -2.34. The molecule has 4 nitrogen and oxygen atoms in total. The Hall–Kier alpha value is -1.68. The molecular formula is C18H25NO3. The van der Waals surface area contributed by atoms with E-state index in [0.717, 1.165) is 12.8 Å². The van der Waals surface area contributed by atoms with Crippen molar-refractivity contribution in [3.05, 3.63) is 34.9 Å². The number of carboxylic acids is 1. The van der Waals surface area contributed by atoms with E-state index in [1.807, 2.05) is 12.1 Å². The molecule has 0 spiro atoms. The molecule has 0 amide bonds. The molecule has 0 aliphatic heterocycles. The number of rotatable bonds is 4. The highest BCUT2D eigenvalue weighted by molar-refractivity contribution is 6.34. The summed E-state index contributed by atoms with van der Waals surface area (Å²) < 4.78 is 0. The Balaban J connectivity index is 2.38. The lowest BCUT2D eigenvalue weighted by Gasteiger charge is -2.42. The van der Waals surface area contributed by atoms with Gasteiger partial charge < -0.3 is 10.2 Å². The van der Waals surface area contributed by atoms with Crippen molar-refractivity contribution in [2.24, 2.45) is 0 Å². The van der Waals surface area contributed by atoms with E-state index >= 15 is 0 Å². The third-order valence-corrected chi connectivity index (χ3v) is 4.92. The van der Waals surface area contributed by atoms with Crippen LogP contribution < -0.4 is 0 Å². The largest absolute Gasteiger partial charge is 0.477 e. The molecule has 22 heavy (non-hydrogen) atoms. The summed E-state index contributed by atoms with van der Waals surface area (Å²) in [5.74, 6) is -1.28. The number of benzene rings is 1. The Morgan fingerprint density at radius 2 is 1.73 bits per heavy atom. The number of carbonyl (C=O) groups is 1. The van der Waals surface area contributed by atoms with Gasteiger partial charge in [-0.25, -0.2) is 4.79 Å². The van der Waals surface area contributed by atoms with E-state index in [-0.39, 0.29) is 17.3 Å². The summed E-state index contributed by atoms with van der Waals surface area (Å²) in [6.07, 6.45) is 1.09. The van der Waals surface area contributed by atoms with Crippen molar-refractivity contribution < 1.29 is 15.0 Å². The van der Waals surface area contributed by atoms with Crippen LogP contribution in [0.5, 0.6) is 0 Å². The van der Waals surface area contributed by atoms with Crippen LogP contribution in [0, 0.1) is 5.41 Å². The number of hydrogen-bond donors (Lipinski definition) is 3. The minimum Gasteiger partial charge on any atom is -0.477 e. The van der Waals surface area contributed by atoms with Crippen molar-refractivity contribution >= 4 is 11.7 Å². The Morgan fingerprint density at radius 3 is 2.27 bits per heavy atom. The second-order valence-electron chi connectivity index (χ2n) is 7.58. The van der Waals surface area contributed by atoms with Gasteiger partial charge in [-0.15, -0.1) is 0 Å². The third-order valence-electron chi connectivity index (χ3n) is 4.92. The van der Waals surface area contributed by atoms with Crippen LogP contribution in [-0.4, -0.2) is 21.9 Å². The van der Waals surface area contributed by atoms with E-state index in [4.69, 9.17) is 10.5 Å². The number of nitrogens with one attached hydrogen (secondary N) is 1. The van der Waals surface area contributed by atoms with Gasteiger partial charge in [0.2, 0.25) is 0 Å². The molecule has 0 heterocycles. The molecule has 0 fully saturated rings. The normalized spacial score (nSPS) is 20.0. The average Bonchev–Trinajstić information content (AvgIpc) is 2.43. The molecule has 0 radical (unpaired) electrons. The number of fused-ring (bicyclic) bond motifs is 1. The first kappa shape index (κ1) is 16.7. The van der Waals surface area contributed by atoms with Crippen molar-refractivity contribution in [2.75, 3.05) is 0 Å². The fraction of sp³-hybridized carbons (Fsp3) is 0.556. The molecule has 1 aliphatic carbocycles. The fourth-order valence-electron chi connectivity index (χ4n) is 3.21. The fourth-order valence-corrected chi connectivity index (χ4v) is 3.21. The van der Waals surface area contributed by atoms with Gasteiger partial charge in [0.25, 0.3) is 0 Å². The van der Waals surface area contributed by atoms with Crippen LogP contribution in [-0.2, 0) is 15.6 Å². The standard InChI is InChI=1S/C18H25NO3/c1-17(2)7-8-18(3,4)13-9-11(5-6-12(13)17)15(20)10-14(19)16(21)22/h5-6,9,15,19-20H,7-8,10H2,1-4H3,(H,21,22). The van der Waals surface area contributed by atoms with E-state index < -0.39 is 17.8 Å². The Bertz CT molecular complexity index is 617. The van der Waals surface area contributed by atoms with E-state index in [0.29, 0.717) is 5.56 Å². The topological polar surface area (TPSA) is 81.4 Å². The quantitative estimate of drug-likeness (QED) is 0.744. The Morgan fingerprint density at radius 1 is 1.18 bits per heavy atom. The first-order valence-electron chi connectivity index (χ1n) is 7.68. The predicted molar refractivity (Wildman–Crippen MR) is 86.7 cm³/mol. The zero-order valence-electron chi connectivity index (χ0n) is 13.7. The second kappa shape index (κ2) is 5.51. The van der Waals surface area contributed by atoms with Crippen molar-refractivity contribution in [3.63, 3.8) is 0 Å². The number of aliphatic carboxylic acids is 1. The summed E-state index contributed by atoms with van der Waals surface area (Å²) in [7, 11) is 0. The number of aliphatic hydroxyl groups excluding tert-OH is 1.